The van der Waals surface area contributed by atoms with E-state index in [0.29, 0.717) is 16.8 Å². The van der Waals surface area contributed by atoms with Gasteiger partial charge in [0.2, 0.25) is 0 Å². The second kappa shape index (κ2) is 6.38. The fraction of sp³-hybridized carbons (Fsp3) is 0.333. The molecule has 2 heterocycles. The van der Waals surface area contributed by atoms with Gasteiger partial charge in [0.25, 0.3) is 5.91 Å². The van der Waals surface area contributed by atoms with E-state index in [1.54, 1.807) is 28.8 Å². The number of nitrogens with zero attached hydrogens (tertiary/aromatic N) is 3. The quantitative estimate of drug-likeness (QED) is 0.726. The number of aromatic nitrogens is 3. The normalized spacial score (nSPS) is 19.3. The van der Waals surface area contributed by atoms with Gasteiger partial charge in [-0.1, -0.05) is 12.1 Å². The highest BCUT2D eigenvalue weighted by Gasteiger charge is 2.35. The van der Waals surface area contributed by atoms with Crippen molar-refractivity contribution in [1.82, 2.24) is 20.1 Å². The van der Waals surface area contributed by atoms with Crippen molar-refractivity contribution < 1.29 is 14.3 Å². The zero-order valence-corrected chi connectivity index (χ0v) is 14.2. The molecule has 3 aromatic rings. The monoisotopic (exact) mass is 354 g/mol. The topological polar surface area (TPSA) is 110 Å². The van der Waals surface area contributed by atoms with Crippen LogP contribution in [0.25, 0.3) is 11.0 Å². The fourth-order valence-electron chi connectivity index (χ4n) is 3.29. The summed E-state index contributed by atoms with van der Waals surface area (Å²) >= 11 is 0. The van der Waals surface area contributed by atoms with Gasteiger partial charge in [-0.15, -0.1) is 10.2 Å². The Balaban J connectivity index is 1.44. The molecule has 0 bridgehead atoms. The van der Waals surface area contributed by atoms with Crippen LogP contribution in [0.1, 0.15) is 41.0 Å². The molecule has 8 heteroatoms. The minimum atomic E-state index is -0.398. The van der Waals surface area contributed by atoms with E-state index in [-0.39, 0.29) is 29.8 Å². The number of rotatable bonds is 4. The smallest absolute Gasteiger partial charge is 0.287 e. The molecule has 2 aromatic heterocycles. The van der Waals surface area contributed by atoms with Gasteiger partial charge in [0.15, 0.2) is 17.0 Å². The predicted molar refractivity (Wildman–Crippen MR) is 92.6 cm³/mol. The molecule has 1 aliphatic carbocycles. The number of fused-ring (bicyclic) bond motifs is 1. The third kappa shape index (κ3) is 2.78. The van der Waals surface area contributed by atoms with Crippen molar-refractivity contribution in [3.63, 3.8) is 0 Å². The number of nitrogens with one attached hydrogen (secondary N) is 1. The minimum absolute atomic E-state index is 0.0124. The van der Waals surface area contributed by atoms with Crippen molar-refractivity contribution in [3.05, 3.63) is 58.0 Å². The molecule has 134 valence electrons. The molecule has 0 unspecified atom stereocenters. The number of amides is 1. The van der Waals surface area contributed by atoms with Crippen molar-refractivity contribution in [2.45, 2.75) is 31.4 Å². The number of benzene rings is 1. The van der Waals surface area contributed by atoms with Crippen molar-refractivity contribution >= 4 is 16.9 Å². The zero-order chi connectivity index (χ0) is 18.3. The molecule has 0 atom stereocenters. The molecule has 1 fully saturated rings. The van der Waals surface area contributed by atoms with Crippen LogP contribution in [0.3, 0.4) is 0 Å². The van der Waals surface area contributed by atoms with Crippen LogP contribution in [0.4, 0.5) is 0 Å². The lowest BCUT2D eigenvalue weighted by atomic mass is 9.79. The number of hydrogen-bond acceptors (Lipinski definition) is 6. The Labute approximate surface area is 148 Å². The van der Waals surface area contributed by atoms with Gasteiger partial charge in [0, 0.05) is 25.1 Å². The highest BCUT2D eigenvalue weighted by molar-refractivity contribution is 5.93. The summed E-state index contributed by atoms with van der Waals surface area (Å²) < 4.78 is 7.34. The summed E-state index contributed by atoms with van der Waals surface area (Å²) in [6, 6.07) is 8.05. The highest BCUT2D eigenvalue weighted by atomic mass is 16.3. The molecule has 0 aliphatic heterocycles. The maximum atomic E-state index is 12.4. The summed E-state index contributed by atoms with van der Waals surface area (Å²) in [5, 5.41) is 20.6. The Kier molecular flexibility index (Phi) is 4.04. The zero-order valence-electron chi connectivity index (χ0n) is 14.2. The van der Waals surface area contributed by atoms with Crippen LogP contribution in [0.15, 0.2) is 39.5 Å². The third-order valence-corrected chi connectivity index (χ3v) is 4.84. The first-order chi connectivity index (χ1) is 12.6. The molecule has 1 saturated carbocycles. The standard InChI is InChI=1S/C18H18N4O4/c1-22-16(9-23)20-21-17(22)10-6-11(7-10)19-18(25)15-8-13(24)12-4-2-3-5-14(12)26-15/h2-5,8,10-11,23H,6-7,9H2,1H3,(H,19,25). The molecule has 1 aromatic carbocycles. The number of aliphatic hydroxyl groups excluding tert-OH is 1. The van der Waals surface area contributed by atoms with Crippen LogP contribution in [0.5, 0.6) is 0 Å². The lowest BCUT2D eigenvalue weighted by Crippen LogP contribution is -2.44. The van der Waals surface area contributed by atoms with E-state index in [1.165, 1.54) is 6.07 Å². The van der Waals surface area contributed by atoms with E-state index in [4.69, 9.17) is 4.42 Å². The Morgan fingerprint density at radius 3 is 2.85 bits per heavy atom. The largest absolute Gasteiger partial charge is 0.451 e. The minimum Gasteiger partial charge on any atom is -0.451 e. The predicted octanol–water partition coefficient (Wildman–Crippen LogP) is 1.09. The number of hydrogen-bond donors (Lipinski definition) is 2. The summed E-state index contributed by atoms with van der Waals surface area (Å²) in [5.41, 5.74) is 0.159. The fourth-order valence-corrected chi connectivity index (χ4v) is 3.29. The Morgan fingerprint density at radius 1 is 1.35 bits per heavy atom. The van der Waals surface area contributed by atoms with Gasteiger partial charge in [0.1, 0.15) is 18.0 Å². The van der Waals surface area contributed by atoms with Gasteiger partial charge in [-0.25, -0.2) is 0 Å². The molecular formula is C18H18N4O4. The molecule has 8 nitrogen and oxygen atoms in total. The first kappa shape index (κ1) is 16.5. The van der Waals surface area contributed by atoms with Gasteiger partial charge < -0.3 is 19.4 Å². The Bertz CT molecular complexity index is 1030. The van der Waals surface area contributed by atoms with Gasteiger partial charge in [0.05, 0.1) is 5.39 Å². The van der Waals surface area contributed by atoms with E-state index in [9.17, 15) is 14.7 Å². The number of carbonyl (C=O) groups is 1. The molecular weight excluding hydrogens is 336 g/mol. The van der Waals surface area contributed by atoms with Gasteiger partial charge in [-0.3, -0.25) is 9.59 Å². The molecule has 0 spiro atoms. The van der Waals surface area contributed by atoms with E-state index in [0.717, 1.165) is 18.7 Å². The summed E-state index contributed by atoms with van der Waals surface area (Å²) in [6.45, 7) is -0.155. The number of aliphatic hydroxyl groups is 1. The number of para-hydroxylation sites is 1. The summed E-state index contributed by atoms with van der Waals surface area (Å²) in [7, 11) is 1.82. The summed E-state index contributed by atoms with van der Waals surface area (Å²) in [5.74, 6) is 1.12. The van der Waals surface area contributed by atoms with Crippen molar-refractivity contribution in [2.24, 2.45) is 7.05 Å². The maximum absolute atomic E-state index is 12.4. The van der Waals surface area contributed by atoms with Crippen LogP contribution in [-0.2, 0) is 13.7 Å². The molecule has 1 amide bonds. The summed E-state index contributed by atoms with van der Waals surface area (Å²) in [6.07, 6.45) is 1.45. The van der Waals surface area contributed by atoms with E-state index >= 15 is 0 Å². The molecule has 1 aliphatic rings. The van der Waals surface area contributed by atoms with Crippen LogP contribution < -0.4 is 10.7 Å². The average molecular weight is 354 g/mol. The van der Waals surface area contributed by atoms with Crippen LogP contribution in [0.2, 0.25) is 0 Å². The SMILES string of the molecule is Cn1c(CO)nnc1C1CC(NC(=O)c2cc(=O)c3ccccc3o2)C1. The van der Waals surface area contributed by atoms with Crippen molar-refractivity contribution in [2.75, 3.05) is 0 Å². The number of carbonyl (C=O) groups excluding carboxylic acids is 1. The second-order valence-electron chi connectivity index (χ2n) is 6.50. The van der Waals surface area contributed by atoms with Crippen molar-refractivity contribution in [3.8, 4) is 0 Å². The van der Waals surface area contributed by atoms with E-state index in [1.807, 2.05) is 7.05 Å². The lowest BCUT2D eigenvalue weighted by molar-refractivity contribution is 0.0879. The van der Waals surface area contributed by atoms with Crippen LogP contribution in [-0.4, -0.2) is 31.8 Å². The molecule has 0 saturated heterocycles. The Morgan fingerprint density at radius 2 is 2.12 bits per heavy atom. The van der Waals surface area contributed by atoms with Gasteiger partial charge >= 0.3 is 0 Å². The first-order valence-corrected chi connectivity index (χ1v) is 8.39. The van der Waals surface area contributed by atoms with Gasteiger partial charge in [-0.05, 0) is 25.0 Å². The molecule has 4 rings (SSSR count). The molecule has 26 heavy (non-hydrogen) atoms. The second-order valence-corrected chi connectivity index (χ2v) is 6.50. The van der Waals surface area contributed by atoms with Crippen LogP contribution >= 0.6 is 0 Å². The first-order valence-electron chi connectivity index (χ1n) is 8.39. The van der Waals surface area contributed by atoms with Crippen LogP contribution in [0, 0.1) is 0 Å². The van der Waals surface area contributed by atoms with E-state index < -0.39 is 5.91 Å². The van der Waals surface area contributed by atoms with Crippen molar-refractivity contribution in [1.29, 1.82) is 0 Å². The van der Waals surface area contributed by atoms with E-state index in [2.05, 4.69) is 15.5 Å². The third-order valence-electron chi connectivity index (χ3n) is 4.84. The average Bonchev–Trinajstić information content (AvgIpc) is 2.97. The summed E-state index contributed by atoms with van der Waals surface area (Å²) in [4.78, 5) is 24.5. The lowest BCUT2D eigenvalue weighted by Gasteiger charge is -2.34. The van der Waals surface area contributed by atoms with Gasteiger partial charge in [-0.2, -0.15) is 0 Å². The molecule has 2 N–H and O–H groups in total. The maximum Gasteiger partial charge on any atom is 0.287 e. The molecule has 0 radical (unpaired) electrons. The highest BCUT2D eigenvalue weighted by Crippen LogP contribution is 2.36. The Hall–Kier alpha value is -3.00.